The maximum atomic E-state index is 13.7. The summed E-state index contributed by atoms with van der Waals surface area (Å²) in [5.41, 5.74) is 2.18. The number of nitrogens with one attached hydrogen (secondary N) is 2. The molecule has 1 heterocycles. The maximum Gasteiger partial charge on any atom is 0.278 e. The lowest BCUT2D eigenvalue weighted by atomic mass is 10.1. The fraction of sp³-hybridized carbons (Fsp3) is 0.154. The smallest absolute Gasteiger partial charge is 0.278 e. The van der Waals surface area contributed by atoms with Gasteiger partial charge in [0.05, 0.1) is 27.4 Å². The van der Waals surface area contributed by atoms with Gasteiger partial charge >= 0.3 is 0 Å². The highest BCUT2D eigenvalue weighted by atomic mass is 35.5. The van der Waals surface area contributed by atoms with Crippen LogP contribution in [0.2, 0.25) is 5.02 Å². The summed E-state index contributed by atoms with van der Waals surface area (Å²) in [6, 6.07) is 20.1. The molecule has 4 aromatic rings. The molecule has 3 aromatic carbocycles. The minimum absolute atomic E-state index is 0.142. The number of rotatable bonds is 6. The average molecular weight is 475 g/mol. The number of fused-ring (bicyclic) bond motifs is 1. The highest BCUT2D eigenvalue weighted by molar-refractivity contribution is 6.33. The van der Waals surface area contributed by atoms with Crippen LogP contribution in [0.1, 0.15) is 26.3 Å². The molecule has 0 saturated heterocycles. The Kier molecular flexibility index (Phi) is 6.75. The van der Waals surface area contributed by atoms with Crippen molar-refractivity contribution in [1.29, 1.82) is 0 Å². The Bertz CT molecular complexity index is 1450. The van der Waals surface area contributed by atoms with E-state index >= 15 is 0 Å². The number of nitrogens with zero attached hydrogens (tertiary/aromatic N) is 2. The first-order chi connectivity index (χ1) is 16.4. The molecule has 34 heavy (non-hydrogen) atoms. The van der Waals surface area contributed by atoms with E-state index in [2.05, 4.69) is 15.6 Å². The first kappa shape index (κ1) is 23.2. The summed E-state index contributed by atoms with van der Waals surface area (Å²) in [6.45, 7) is 3.40. The Morgan fingerprint density at radius 1 is 0.941 bits per heavy atom. The second-order valence-electron chi connectivity index (χ2n) is 7.72. The number of hydrogen-bond acceptors (Lipinski definition) is 4. The lowest BCUT2D eigenvalue weighted by Crippen LogP contribution is -2.33. The number of carbonyl (C=O) groups excluding carboxylic acids is 2. The van der Waals surface area contributed by atoms with E-state index < -0.39 is 17.5 Å². The molecule has 8 heteroatoms. The maximum absolute atomic E-state index is 13.7. The SMILES string of the molecule is CCC(=O)Nc1ccccc1-c1nc2ccccc2n(C(C)C(=O)Nc2ccccc2Cl)c1=O. The summed E-state index contributed by atoms with van der Waals surface area (Å²) in [5, 5.41) is 6.02. The second-order valence-corrected chi connectivity index (χ2v) is 8.12. The highest BCUT2D eigenvalue weighted by Crippen LogP contribution is 2.27. The van der Waals surface area contributed by atoms with Gasteiger partial charge in [0.2, 0.25) is 11.8 Å². The van der Waals surface area contributed by atoms with Crippen LogP contribution in [-0.2, 0) is 9.59 Å². The van der Waals surface area contributed by atoms with Gasteiger partial charge in [-0.15, -0.1) is 0 Å². The zero-order valence-electron chi connectivity index (χ0n) is 18.7. The Hall–Kier alpha value is -3.97. The monoisotopic (exact) mass is 474 g/mol. The molecular formula is C26H23ClN4O3. The Labute approximate surface area is 201 Å². The van der Waals surface area contributed by atoms with Crippen LogP contribution in [0.25, 0.3) is 22.3 Å². The molecule has 0 saturated carbocycles. The summed E-state index contributed by atoms with van der Waals surface area (Å²) in [6.07, 6.45) is 0.295. The lowest BCUT2D eigenvalue weighted by Gasteiger charge is -2.20. The van der Waals surface area contributed by atoms with Crippen molar-refractivity contribution in [3.63, 3.8) is 0 Å². The Balaban J connectivity index is 1.85. The van der Waals surface area contributed by atoms with Gasteiger partial charge in [0, 0.05) is 12.0 Å². The molecule has 4 rings (SSSR count). The van der Waals surface area contributed by atoms with Crippen molar-refractivity contribution in [3.05, 3.63) is 88.2 Å². The van der Waals surface area contributed by atoms with E-state index in [-0.39, 0.29) is 11.6 Å². The van der Waals surface area contributed by atoms with Crippen molar-refractivity contribution in [2.45, 2.75) is 26.3 Å². The van der Waals surface area contributed by atoms with Gasteiger partial charge in [0.15, 0.2) is 0 Å². The normalized spacial score (nSPS) is 11.7. The summed E-state index contributed by atoms with van der Waals surface area (Å²) in [5.74, 6) is -0.578. The van der Waals surface area contributed by atoms with Gasteiger partial charge in [-0.05, 0) is 37.3 Å². The molecular weight excluding hydrogens is 452 g/mol. The summed E-state index contributed by atoms with van der Waals surface area (Å²) in [7, 11) is 0. The molecule has 0 aliphatic carbocycles. The first-order valence-corrected chi connectivity index (χ1v) is 11.2. The fourth-order valence-corrected chi connectivity index (χ4v) is 3.85. The van der Waals surface area contributed by atoms with Crippen molar-refractivity contribution >= 4 is 45.8 Å². The number of carbonyl (C=O) groups is 2. The van der Waals surface area contributed by atoms with E-state index in [1.807, 2.05) is 6.07 Å². The summed E-state index contributed by atoms with van der Waals surface area (Å²) >= 11 is 6.19. The van der Waals surface area contributed by atoms with Crippen LogP contribution < -0.4 is 16.2 Å². The topological polar surface area (TPSA) is 93.1 Å². The number of anilines is 2. The predicted molar refractivity (Wildman–Crippen MR) is 135 cm³/mol. The highest BCUT2D eigenvalue weighted by Gasteiger charge is 2.23. The van der Waals surface area contributed by atoms with E-state index in [0.29, 0.717) is 39.4 Å². The molecule has 0 radical (unpaired) electrons. The zero-order valence-corrected chi connectivity index (χ0v) is 19.5. The average Bonchev–Trinajstić information content (AvgIpc) is 2.85. The lowest BCUT2D eigenvalue weighted by molar-refractivity contribution is -0.119. The van der Waals surface area contributed by atoms with Gasteiger partial charge in [-0.2, -0.15) is 0 Å². The molecule has 172 valence electrons. The van der Waals surface area contributed by atoms with Crippen LogP contribution >= 0.6 is 11.6 Å². The van der Waals surface area contributed by atoms with E-state index in [1.165, 1.54) is 4.57 Å². The van der Waals surface area contributed by atoms with E-state index in [1.54, 1.807) is 80.6 Å². The second kappa shape index (κ2) is 9.89. The number of halogens is 1. The van der Waals surface area contributed by atoms with Gasteiger partial charge < -0.3 is 10.6 Å². The summed E-state index contributed by atoms with van der Waals surface area (Å²) < 4.78 is 1.42. The minimum atomic E-state index is -0.868. The van der Waals surface area contributed by atoms with Gasteiger partial charge in [0.25, 0.3) is 5.56 Å². The van der Waals surface area contributed by atoms with Crippen LogP contribution in [0.4, 0.5) is 11.4 Å². The number of aromatic nitrogens is 2. The van der Waals surface area contributed by atoms with Crippen molar-refractivity contribution in [2.75, 3.05) is 10.6 Å². The van der Waals surface area contributed by atoms with Gasteiger partial charge in [-0.3, -0.25) is 19.0 Å². The first-order valence-electron chi connectivity index (χ1n) is 10.9. The van der Waals surface area contributed by atoms with Crippen LogP contribution in [0.3, 0.4) is 0 Å². The number of benzene rings is 3. The zero-order chi connectivity index (χ0) is 24.2. The van der Waals surface area contributed by atoms with Gasteiger partial charge in [-0.1, -0.05) is 61.0 Å². The van der Waals surface area contributed by atoms with Crippen LogP contribution in [0, 0.1) is 0 Å². The summed E-state index contributed by atoms with van der Waals surface area (Å²) in [4.78, 5) is 43.5. The molecule has 7 nitrogen and oxygen atoms in total. The quantitative estimate of drug-likeness (QED) is 0.398. The van der Waals surface area contributed by atoms with E-state index in [9.17, 15) is 14.4 Å². The molecule has 2 N–H and O–H groups in total. The molecule has 0 fully saturated rings. The third kappa shape index (κ3) is 4.56. The Morgan fingerprint density at radius 2 is 1.59 bits per heavy atom. The van der Waals surface area contributed by atoms with E-state index in [4.69, 9.17) is 11.6 Å². The van der Waals surface area contributed by atoms with Crippen molar-refractivity contribution in [3.8, 4) is 11.3 Å². The van der Waals surface area contributed by atoms with E-state index in [0.717, 1.165) is 0 Å². The van der Waals surface area contributed by atoms with Crippen LogP contribution in [-0.4, -0.2) is 21.4 Å². The van der Waals surface area contributed by atoms with Crippen molar-refractivity contribution in [2.24, 2.45) is 0 Å². The fourth-order valence-electron chi connectivity index (χ4n) is 3.67. The number of amides is 2. The Morgan fingerprint density at radius 3 is 2.32 bits per heavy atom. The van der Waals surface area contributed by atoms with Gasteiger partial charge in [0.1, 0.15) is 11.7 Å². The van der Waals surface area contributed by atoms with Crippen molar-refractivity contribution < 1.29 is 9.59 Å². The van der Waals surface area contributed by atoms with Crippen molar-refractivity contribution in [1.82, 2.24) is 9.55 Å². The molecule has 0 spiro atoms. The van der Waals surface area contributed by atoms with Crippen LogP contribution in [0.5, 0.6) is 0 Å². The standard InChI is InChI=1S/C26H23ClN4O3/c1-3-23(32)28-19-12-6-4-10-17(19)24-26(34)31(22-15-9-8-14-21(22)29-24)16(2)25(33)30-20-13-7-5-11-18(20)27/h4-16H,3H2,1-2H3,(H,28,32)(H,30,33). The minimum Gasteiger partial charge on any atom is -0.325 e. The molecule has 0 aliphatic rings. The number of hydrogen-bond donors (Lipinski definition) is 2. The largest absolute Gasteiger partial charge is 0.325 e. The number of para-hydroxylation sites is 4. The third-order valence-electron chi connectivity index (χ3n) is 5.47. The molecule has 2 amide bonds. The molecule has 0 bridgehead atoms. The van der Waals surface area contributed by atoms with Crippen LogP contribution in [0.15, 0.2) is 77.6 Å². The third-order valence-corrected chi connectivity index (χ3v) is 5.80. The predicted octanol–water partition coefficient (Wildman–Crippen LogP) is 5.27. The van der Waals surface area contributed by atoms with Gasteiger partial charge in [-0.25, -0.2) is 4.98 Å². The molecule has 0 aliphatic heterocycles. The molecule has 1 atom stereocenters. The molecule has 1 aromatic heterocycles. The molecule has 1 unspecified atom stereocenters.